The minimum atomic E-state index is 0.471. The predicted molar refractivity (Wildman–Crippen MR) is 64.5 cm³/mol. The highest BCUT2D eigenvalue weighted by atomic mass is 35.5. The van der Waals surface area contributed by atoms with E-state index in [9.17, 15) is 0 Å². The first kappa shape index (κ1) is 11.0. The van der Waals surface area contributed by atoms with Crippen molar-refractivity contribution in [3.05, 3.63) is 29.5 Å². The van der Waals surface area contributed by atoms with Gasteiger partial charge in [-0.05, 0) is 25.1 Å². The Morgan fingerprint density at radius 3 is 2.81 bits per heavy atom. The minimum Gasteiger partial charge on any atom is -0.494 e. The molecule has 0 radical (unpaired) electrons. The van der Waals surface area contributed by atoms with Gasteiger partial charge in [-0.25, -0.2) is 4.98 Å². The molecule has 0 saturated carbocycles. The van der Waals surface area contributed by atoms with E-state index in [4.69, 9.17) is 21.1 Å². The lowest BCUT2D eigenvalue weighted by Gasteiger charge is -2.08. The Hall–Kier alpha value is -1.48. The third-order valence-electron chi connectivity index (χ3n) is 2.30. The number of halogens is 1. The van der Waals surface area contributed by atoms with Crippen LogP contribution in [-0.2, 0) is 0 Å². The number of ether oxygens (including phenoxy) is 2. The normalized spacial score (nSPS) is 10.4. The molecular formula is C12H12ClNO2. The summed E-state index contributed by atoms with van der Waals surface area (Å²) in [7, 11) is 1.61. The Balaban J connectivity index is 2.64. The molecule has 0 fully saturated rings. The third kappa shape index (κ3) is 1.91. The van der Waals surface area contributed by atoms with Crippen LogP contribution in [0.5, 0.6) is 11.5 Å². The maximum absolute atomic E-state index is 6.01. The molecule has 0 aliphatic carbocycles. The molecular weight excluding hydrogens is 226 g/mol. The van der Waals surface area contributed by atoms with E-state index in [0.717, 1.165) is 16.5 Å². The number of pyridine rings is 1. The summed E-state index contributed by atoms with van der Waals surface area (Å²) in [5, 5.41) is 2.25. The first-order valence-corrected chi connectivity index (χ1v) is 5.39. The van der Waals surface area contributed by atoms with E-state index in [-0.39, 0.29) is 0 Å². The number of rotatable bonds is 3. The summed E-state index contributed by atoms with van der Waals surface area (Å²) in [5.74, 6) is 1.50. The summed E-state index contributed by atoms with van der Waals surface area (Å²) in [6.07, 6.45) is 1.61. The zero-order valence-electron chi connectivity index (χ0n) is 9.16. The first-order chi connectivity index (χ1) is 7.76. The summed E-state index contributed by atoms with van der Waals surface area (Å²) < 4.78 is 10.7. The van der Waals surface area contributed by atoms with Crippen LogP contribution >= 0.6 is 11.6 Å². The van der Waals surface area contributed by atoms with Crippen LogP contribution in [0.3, 0.4) is 0 Å². The monoisotopic (exact) mass is 237 g/mol. The number of aromatic nitrogens is 1. The highest BCUT2D eigenvalue weighted by molar-refractivity contribution is 6.34. The fourth-order valence-corrected chi connectivity index (χ4v) is 1.79. The number of hydrogen-bond donors (Lipinski definition) is 0. The van der Waals surface area contributed by atoms with E-state index in [0.29, 0.717) is 17.5 Å². The van der Waals surface area contributed by atoms with Gasteiger partial charge in [0.2, 0.25) is 0 Å². The van der Waals surface area contributed by atoms with Crippen LogP contribution in [0.15, 0.2) is 24.4 Å². The molecule has 0 unspecified atom stereocenters. The molecule has 3 nitrogen and oxygen atoms in total. The highest BCUT2D eigenvalue weighted by Crippen LogP contribution is 2.32. The maximum Gasteiger partial charge on any atom is 0.145 e. The van der Waals surface area contributed by atoms with E-state index in [1.165, 1.54) is 0 Å². The topological polar surface area (TPSA) is 31.4 Å². The zero-order chi connectivity index (χ0) is 11.5. The molecule has 0 atom stereocenters. The lowest BCUT2D eigenvalue weighted by atomic mass is 10.1. The van der Waals surface area contributed by atoms with Crippen molar-refractivity contribution in [3.8, 4) is 11.5 Å². The molecule has 2 rings (SSSR count). The van der Waals surface area contributed by atoms with Crippen LogP contribution in [0.4, 0.5) is 0 Å². The smallest absolute Gasteiger partial charge is 0.145 e. The fourth-order valence-electron chi connectivity index (χ4n) is 1.58. The van der Waals surface area contributed by atoms with Crippen molar-refractivity contribution < 1.29 is 9.47 Å². The molecule has 0 amide bonds. The quantitative estimate of drug-likeness (QED) is 0.768. The Morgan fingerprint density at radius 1 is 1.31 bits per heavy atom. The van der Waals surface area contributed by atoms with Gasteiger partial charge in [-0.2, -0.15) is 0 Å². The van der Waals surface area contributed by atoms with Crippen LogP contribution in [0.1, 0.15) is 6.92 Å². The second-order valence-corrected chi connectivity index (χ2v) is 3.62. The van der Waals surface area contributed by atoms with Gasteiger partial charge in [0, 0.05) is 10.8 Å². The Bertz CT molecular complexity index is 514. The van der Waals surface area contributed by atoms with Crippen molar-refractivity contribution in [2.75, 3.05) is 13.7 Å². The van der Waals surface area contributed by atoms with Crippen LogP contribution in [0.25, 0.3) is 10.8 Å². The van der Waals surface area contributed by atoms with E-state index in [1.54, 1.807) is 13.3 Å². The summed E-state index contributed by atoms with van der Waals surface area (Å²) >= 11 is 6.01. The summed E-state index contributed by atoms with van der Waals surface area (Å²) in [4.78, 5) is 4.05. The molecule has 84 valence electrons. The largest absolute Gasteiger partial charge is 0.494 e. The molecule has 1 aromatic heterocycles. The number of methoxy groups -OCH3 is 1. The van der Waals surface area contributed by atoms with Crippen molar-refractivity contribution >= 4 is 22.4 Å². The second-order valence-electron chi connectivity index (χ2n) is 3.26. The Kier molecular flexibility index (Phi) is 3.15. The minimum absolute atomic E-state index is 0.471. The van der Waals surface area contributed by atoms with Gasteiger partial charge in [0.05, 0.1) is 19.9 Å². The summed E-state index contributed by atoms with van der Waals surface area (Å²) in [5.41, 5.74) is 0. The van der Waals surface area contributed by atoms with Gasteiger partial charge >= 0.3 is 0 Å². The van der Waals surface area contributed by atoms with Crippen molar-refractivity contribution in [1.82, 2.24) is 4.98 Å². The molecule has 1 heterocycles. The van der Waals surface area contributed by atoms with Crippen LogP contribution < -0.4 is 9.47 Å². The maximum atomic E-state index is 6.01. The van der Waals surface area contributed by atoms with E-state index >= 15 is 0 Å². The molecule has 1 aromatic carbocycles. The Labute approximate surface area is 99.0 Å². The molecule has 4 heteroatoms. The van der Waals surface area contributed by atoms with Crippen molar-refractivity contribution in [1.29, 1.82) is 0 Å². The Morgan fingerprint density at radius 2 is 2.12 bits per heavy atom. The van der Waals surface area contributed by atoms with Crippen molar-refractivity contribution in [2.45, 2.75) is 6.92 Å². The standard InChI is InChI=1S/C12H12ClNO2/c1-3-16-8-4-5-9-10(6-8)11(15-2)7-14-12(9)13/h4-7H,3H2,1-2H3. The number of fused-ring (bicyclic) bond motifs is 1. The average Bonchev–Trinajstić information content (AvgIpc) is 2.30. The van der Waals surface area contributed by atoms with Gasteiger partial charge in [-0.3, -0.25) is 0 Å². The van der Waals surface area contributed by atoms with Gasteiger partial charge in [0.1, 0.15) is 16.7 Å². The first-order valence-electron chi connectivity index (χ1n) is 5.01. The van der Waals surface area contributed by atoms with Gasteiger partial charge < -0.3 is 9.47 Å². The number of benzene rings is 1. The van der Waals surface area contributed by atoms with E-state index < -0.39 is 0 Å². The summed E-state index contributed by atoms with van der Waals surface area (Å²) in [6, 6.07) is 5.67. The molecule has 0 N–H and O–H groups in total. The molecule has 0 bridgehead atoms. The second kappa shape index (κ2) is 4.58. The number of nitrogens with zero attached hydrogens (tertiary/aromatic N) is 1. The van der Waals surface area contributed by atoms with E-state index in [1.807, 2.05) is 25.1 Å². The van der Waals surface area contributed by atoms with Gasteiger partial charge in [-0.15, -0.1) is 0 Å². The molecule has 2 aromatic rings. The molecule has 0 spiro atoms. The average molecular weight is 238 g/mol. The molecule has 0 aliphatic heterocycles. The van der Waals surface area contributed by atoms with Crippen LogP contribution in [0, 0.1) is 0 Å². The lowest BCUT2D eigenvalue weighted by molar-refractivity contribution is 0.340. The van der Waals surface area contributed by atoms with Gasteiger partial charge in [-0.1, -0.05) is 11.6 Å². The lowest BCUT2D eigenvalue weighted by Crippen LogP contribution is -1.93. The fraction of sp³-hybridized carbons (Fsp3) is 0.250. The van der Waals surface area contributed by atoms with Gasteiger partial charge in [0.15, 0.2) is 0 Å². The van der Waals surface area contributed by atoms with Crippen molar-refractivity contribution in [3.63, 3.8) is 0 Å². The highest BCUT2D eigenvalue weighted by Gasteiger charge is 2.07. The van der Waals surface area contributed by atoms with Crippen LogP contribution in [-0.4, -0.2) is 18.7 Å². The van der Waals surface area contributed by atoms with Crippen LogP contribution in [0.2, 0.25) is 5.15 Å². The van der Waals surface area contributed by atoms with Crippen molar-refractivity contribution in [2.24, 2.45) is 0 Å². The third-order valence-corrected chi connectivity index (χ3v) is 2.61. The summed E-state index contributed by atoms with van der Waals surface area (Å²) in [6.45, 7) is 2.58. The molecule has 16 heavy (non-hydrogen) atoms. The van der Waals surface area contributed by atoms with E-state index in [2.05, 4.69) is 4.98 Å². The zero-order valence-corrected chi connectivity index (χ0v) is 9.91. The predicted octanol–water partition coefficient (Wildman–Crippen LogP) is 3.30. The molecule has 0 aliphatic rings. The molecule has 0 saturated heterocycles. The number of hydrogen-bond acceptors (Lipinski definition) is 3. The van der Waals surface area contributed by atoms with Gasteiger partial charge in [0.25, 0.3) is 0 Å². The SMILES string of the molecule is CCOc1ccc2c(Cl)ncc(OC)c2c1.